The van der Waals surface area contributed by atoms with Gasteiger partial charge in [0.05, 0.1) is 6.10 Å². The van der Waals surface area contributed by atoms with Crippen LogP contribution in [-0.2, 0) is 4.79 Å². The molecule has 0 amide bonds. The normalized spacial score (nSPS) is 31.1. The van der Waals surface area contributed by atoms with E-state index >= 15 is 0 Å². The predicted octanol–water partition coefficient (Wildman–Crippen LogP) is 1.40. The van der Waals surface area contributed by atoms with Crippen molar-refractivity contribution in [1.82, 2.24) is 0 Å². The second-order valence-electron chi connectivity index (χ2n) is 3.64. The van der Waals surface area contributed by atoms with Gasteiger partial charge in [-0.3, -0.25) is 4.79 Å². The van der Waals surface area contributed by atoms with Gasteiger partial charge in [-0.1, -0.05) is 12.8 Å². The van der Waals surface area contributed by atoms with Crippen LogP contribution < -0.4 is 0 Å². The Morgan fingerprint density at radius 2 is 2.00 bits per heavy atom. The Balaban J connectivity index is 2.35. The van der Waals surface area contributed by atoms with Gasteiger partial charge in [-0.15, -0.1) is 0 Å². The molecule has 3 nitrogen and oxygen atoms in total. The second kappa shape index (κ2) is 4.45. The van der Waals surface area contributed by atoms with Crippen molar-refractivity contribution < 1.29 is 15.0 Å². The van der Waals surface area contributed by atoms with Crippen molar-refractivity contribution in [2.24, 2.45) is 5.92 Å². The number of carbonyl (C=O) groups is 1. The van der Waals surface area contributed by atoms with Crippen molar-refractivity contribution in [1.29, 1.82) is 0 Å². The van der Waals surface area contributed by atoms with E-state index in [-0.39, 0.29) is 18.4 Å². The van der Waals surface area contributed by atoms with Crippen LogP contribution in [0, 0.1) is 5.92 Å². The van der Waals surface area contributed by atoms with E-state index in [1.54, 1.807) is 0 Å². The highest BCUT2D eigenvalue weighted by molar-refractivity contribution is 5.67. The van der Waals surface area contributed by atoms with Crippen LogP contribution in [0.5, 0.6) is 0 Å². The maximum absolute atomic E-state index is 10.4. The first-order valence-electron chi connectivity index (χ1n) is 4.58. The molecule has 0 bridgehead atoms. The molecule has 1 saturated carbocycles. The molecule has 0 aliphatic heterocycles. The van der Waals surface area contributed by atoms with Gasteiger partial charge in [-0.2, -0.15) is 0 Å². The molecule has 0 saturated heterocycles. The number of carboxylic acids is 1. The molecule has 2 N–H and O–H groups in total. The van der Waals surface area contributed by atoms with E-state index in [0.29, 0.717) is 6.42 Å². The highest BCUT2D eigenvalue weighted by Gasteiger charge is 2.20. The smallest absolute Gasteiger partial charge is 0.303 e. The van der Waals surface area contributed by atoms with Gasteiger partial charge in [0.25, 0.3) is 0 Å². The highest BCUT2D eigenvalue weighted by Crippen LogP contribution is 2.25. The van der Waals surface area contributed by atoms with Crippen molar-refractivity contribution in [3.05, 3.63) is 0 Å². The van der Waals surface area contributed by atoms with Gasteiger partial charge in [0.2, 0.25) is 0 Å². The average molecular weight is 172 g/mol. The average Bonchev–Trinajstić information content (AvgIpc) is 2.12. The molecule has 0 aromatic heterocycles. The molecule has 1 rings (SSSR count). The molecule has 0 aromatic rings. The minimum absolute atomic E-state index is 0.194. The summed E-state index contributed by atoms with van der Waals surface area (Å²) in [6.45, 7) is 0. The Morgan fingerprint density at radius 3 is 2.67 bits per heavy atom. The number of hydrogen-bond donors (Lipinski definition) is 2. The van der Waals surface area contributed by atoms with Crippen LogP contribution in [-0.4, -0.2) is 22.3 Å². The first-order chi connectivity index (χ1) is 5.68. The molecule has 0 heterocycles. The molecule has 2 atom stereocenters. The number of hydrogen-bond acceptors (Lipinski definition) is 2. The third kappa shape index (κ3) is 3.22. The molecule has 1 fully saturated rings. The molecule has 12 heavy (non-hydrogen) atoms. The van der Waals surface area contributed by atoms with E-state index in [2.05, 4.69) is 0 Å². The van der Waals surface area contributed by atoms with Gasteiger partial charge in [0.1, 0.15) is 0 Å². The first-order valence-corrected chi connectivity index (χ1v) is 4.58. The largest absolute Gasteiger partial charge is 0.481 e. The van der Waals surface area contributed by atoms with Crippen LogP contribution in [0.15, 0.2) is 0 Å². The maximum atomic E-state index is 10.4. The van der Waals surface area contributed by atoms with Crippen molar-refractivity contribution in [3.63, 3.8) is 0 Å². The van der Waals surface area contributed by atoms with Gasteiger partial charge < -0.3 is 10.2 Å². The number of aliphatic hydroxyl groups is 1. The number of rotatable bonds is 2. The SMILES string of the molecule is O=C(O)CC1CCCCC(O)C1. The van der Waals surface area contributed by atoms with Gasteiger partial charge >= 0.3 is 5.97 Å². The monoisotopic (exact) mass is 172 g/mol. The molecule has 1 aliphatic carbocycles. The molecule has 0 radical (unpaired) electrons. The molecule has 0 spiro atoms. The second-order valence-corrected chi connectivity index (χ2v) is 3.64. The van der Waals surface area contributed by atoms with Gasteiger partial charge in [-0.25, -0.2) is 0 Å². The topological polar surface area (TPSA) is 57.5 Å². The zero-order chi connectivity index (χ0) is 8.97. The molecule has 70 valence electrons. The summed E-state index contributed by atoms with van der Waals surface area (Å²) in [5.74, 6) is -0.547. The minimum Gasteiger partial charge on any atom is -0.481 e. The zero-order valence-corrected chi connectivity index (χ0v) is 7.20. The fourth-order valence-electron chi connectivity index (χ4n) is 1.87. The molecule has 0 aromatic carbocycles. The highest BCUT2D eigenvalue weighted by atomic mass is 16.4. The Kier molecular flexibility index (Phi) is 3.53. The number of aliphatic carboxylic acids is 1. The lowest BCUT2D eigenvalue weighted by Gasteiger charge is -2.13. The predicted molar refractivity (Wildman–Crippen MR) is 44.8 cm³/mol. The lowest BCUT2D eigenvalue weighted by molar-refractivity contribution is -0.138. The van der Waals surface area contributed by atoms with Gasteiger partial charge in [-0.05, 0) is 25.2 Å². The molecular weight excluding hydrogens is 156 g/mol. The Bertz CT molecular complexity index is 156. The van der Waals surface area contributed by atoms with Crippen LogP contribution in [0.4, 0.5) is 0 Å². The van der Waals surface area contributed by atoms with E-state index in [9.17, 15) is 9.90 Å². The van der Waals surface area contributed by atoms with E-state index in [1.165, 1.54) is 0 Å². The van der Waals surface area contributed by atoms with Crippen molar-refractivity contribution >= 4 is 5.97 Å². The van der Waals surface area contributed by atoms with Crippen LogP contribution in [0.1, 0.15) is 38.5 Å². The quantitative estimate of drug-likeness (QED) is 0.619. The zero-order valence-electron chi connectivity index (χ0n) is 7.20. The van der Waals surface area contributed by atoms with Gasteiger partial charge in [0.15, 0.2) is 0 Å². The van der Waals surface area contributed by atoms with Crippen molar-refractivity contribution in [2.75, 3.05) is 0 Å². The summed E-state index contributed by atoms with van der Waals surface area (Å²) < 4.78 is 0. The van der Waals surface area contributed by atoms with Gasteiger partial charge in [0, 0.05) is 6.42 Å². The molecule has 1 aliphatic rings. The van der Waals surface area contributed by atoms with Crippen LogP contribution in [0.2, 0.25) is 0 Å². The summed E-state index contributed by atoms with van der Waals surface area (Å²) in [6.07, 6.45) is 4.53. The molecule has 3 heteroatoms. The van der Waals surface area contributed by atoms with Crippen molar-refractivity contribution in [2.45, 2.75) is 44.6 Å². The van der Waals surface area contributed by atoms with Crippen LogP contribution in [0.25, 0.3) is 0 Å². The lowest BCUT2D eigenvalue weighted by Crippen LogP contribution is -2.13. The molecule has 2 unspecified atom stereocenters. The third-order valence-electron chi connectivity index (χ3n) is 2.47. The van der Waals surface area contributed by atoms with E-state index in [1.807, 2.05) is 0 Å². The van der Waals surface area contributed by atoms with E-state index in [0.717, 1.165) is 25.7 Å². The fraction of sp³-hybridized carbons (Fsp3) is 0.889. The summed E-state index contributed by atoms with van der Waals surface area (Å²) in [4.78, 5) is 10.4. The maximum Gasteiger partial charge on any atom is 0.303 e. The van der Waals surface area contributed by atoms with Crippen LogP contribution in [0.3, 0.4) is 0 Å². The molecular formula is C9H16O3. The summed E-state index contributed by atoms with van der Waals surface area (Å²) in [6, 6.07) is 0. The van der Waals surface area contributed by atoms with E-state index in [4.69, 9.17) is 5.11 Å². The minimum atomic E-state index is -0.742. The standard InChI is InChI=1S/C9H16O3/c10-8-4-2-1-3-7(5-8)6-9(11)12/h7-8,10H,1-6H2,(H,11,12). The van der Waals surface area contributed by atoms with Crippen LogP contribution >= 0.6 is 0 Å². The summed E-state index contributed by atoms with van der Waals surface area (Å²) in [5, 5.41) is 17.9. The first kappa shape index (κ1) is 9.52. The Hall–Kier alpha value is -0.570. The number of carboxylic acid groups (broad SMARTS) is 1. The Morgan fingerprint density at radius 1 is 1.33 bits per heavy atom. The number of aliphatic hydroxyl groups excluding tert-OH is 1. The summed E-state index contributed by atoms with van der Waals surface area (Å²) in [5.41, 5.74) is 0. The lowest BCUT2D eigenvalue weighted by atomic mass is 9.96. The van der Waals surface area contributed by atoms with E-state index < -0.39 is 5.97 Å². The summed E-state index contributed by atoms with van der Waals surface area (Å²) in [7, 11) is 0. The fourth-order valence-corrected chi connectivity index (χ4v) is 1.87. The Labute approximate surface area is 72.4 Å². The summed E-state index contributed by atoms with van der Waals surface area (Å²) >= 11 is 0. The van der Waals surface area contributed by atoms with Crippen molar-refractivity contribution in [3.8, 4) is 0 Å². The third-order valence-corrected chi connectivity index (χ3v) is 2.47.